The molecule has 2 heterocycles. The van der Waals surface area contributed by atoms with Crippen LogP contribution in [-0.4, -0.2) is 21.1 Å². The highest BCUT2D eigenvalue weighted by Gasteiger charge is 2.30. The minimum Gasteiger partial charge on any atom is -0.439 e. The number of amides is 1. The molecule has 0 aliphatic rings. The van der Waals surface area contributed by atoms with Gasteiger partial charge in [0.2, 0.25) is 5.88 Å². The highest BCUT2D eigenvalue weighted by atomic mass is 19.4. The van der Waals surface area contributed by atoms with E-state index in [-0.39, 0.29) is 35.7 Å². The Bertz CT molecular complexity index is 999. The number of benzene rings is 1. The number of alkyl halides is 3. The van der Waals surface area contributed by atoms with E-state index < -0.39 is 11.7 Å². The molecule has 0 bridgehead atoms. The van der Waals surface area contributed by atoms with Crippen LogP contribution < -0.4 is 10.1 Å². The van der Waals surface area contributed by atoms with Gasteiger partial charge in [-0.05, 0) is 36.2 Å². The van der Waals surface area contributed by atoms with Gasteiger partial charge in [0.25, 0.3) is 5.91 Å². The lowest BCUT2D eigenvalue weighted by Gasteiger charge is -2.12. The minimum absolute atomic E-state index is 0.0000204. The summed E-state index contributed by atoms with van der Waals surface area (Å²) in [6.45, 7) is 4.02. The SMILES string of the molecule is CC(C)c1cc(C(=O)NCc2cccnc2Oc2cccc(C(F)(F)F)c2)n[nH]1. The fourth-order valence-corrected chi connectivity index (χ4v) is 2.51. The van der Waals surface area contributed by atoms with Gasteiger partial charge in [0.05, 0.1) is 5.56 Å². The van der Waals surface area contributed by atoms with Gasteiger partial charge in [-0.2, -0.15) is 18.3 Å². The average molecular weight is 404 g/mol. The van der Waals surface area contributed by atoms with E-state index in [1.165, 1.54) is 18.3 Å². The number of halogens is 3. The van der Waals surface area contributed by atoms with Gasteiger partial charge in [0, 0.05) is 24.0 Å². The number of pyridine rings is 1. The third kappa shape index (κ3) is 5.13. The Labute approximate surface area is 165 Å². The summed E-state index contributed by atoms with van der Waals surface area (Å²) >= 11 is 0. The van der Waals surface area contributed by atoms with Crippen LogP contribution in [-0.2, 0) is 12.7 Å². The van der Waals surface area contributed by atoms with E-state index >= 15 is 0 Å². The molecule has 29 heavy (non-hydrogen) atoms. The molecule has 0 radical (unpaired) electrons. The van der Waals surface area contributed by atoms with Crippen LogP contribution in [0.3, 0.4) is 0 Å². The molecule has 0 saturated heterocycles. The van der Waals surface area contributed by atoms with Crippen LogP contribution in [0.5, 0.6) is 11.6 Å². The van der Waals surface area contributed by atoms with E-state index in [1.807, 2.05) is 13.8 Å². The predicted octanol–water partition coefficient (Wildman–Crippen LogP) is 4.67. The van der Waals surface area contributed by atoms with Gasteiger partial charge in [-0.3, -0.25) is 9.89 Å². The van der Waals surface area contributed by atoms with Crippen LogP contribution >= 0.6 is 0 Å². The largest absolute Gasteiger partial charge is 0.439 e. The number of aromatic nitrogens is 3. The zero-order valence-corrected chi connectivity index (χ0v) is 15.7. The molecule has 0 aliphatic heterocycles. The molecule has 3 rings (SSSR count). The molecule has 6 nitrogen and oxygen atoms in total. The van der Waals surface area contributed by atoms with Crippen molar-refractivity contribution in [2.24, 2.45) is 0 Å². The van der Waals surface area contributed by atoms with Crippen LogP contribution in [0.2, 0.25) is 0 Å². The zero-order valence-electron chi connectivity index (χ0n) is 15.7. The first-order valence-electron chi connectivity index (χ1n) is 8.86. The van der Waals surface area contributed by atoms with Gasteiger partial charge in [-0.15, -0.1) is 0 Å². The van der Waals surface area contributed by atoms with Gasteiger partial charge in [0.1, 0.15) is 11.4 Å². The minimum atomic E-state index is -4.47. The smallest absolute Gasteiger partial charge is 0.416 e. The summed E-state index contributed by atoms with van der Waals surface area (Å²) in [6, 6.07) is 9.50. The van der Waals surface area contributed by atoms with E-state index in [0.29, 0.717) is 5.56 Å². The van der Waals surface area contributed by atoms with Crippen molar-refractivity contribution in [3.05, 3.63) is 71.2 Å². The number of hydrogen-bond acceptors (Lipinski definition) is 4. The Hall–Kier alpha value is -3.36. The highest BCUT2D eigenvalue weighted by molar-refractivity contribution is 5.92. The molecule has 2 aromatic heterocycles. The van der Waals surface area contributed by atoms with Crippen molar-refractivity contribution in [3.63, 3.8) is 0 Å². The Balaban J connectivity index is 1.71. The number of rotatable bonds is 6. The second-order valence-electron chi connectivity index (χ2n) is 6.64. The van der Waals surface area contributed by atoms with E-state index in [2.05, 4.69) is 20.5 Å². The van der Waals surface area contributed by atoms with E-state index in [4.69, 9.17) is 4.74 Å². The Morgan fingerprint density at radius 3 is 2.69 bits per heavy atom. The molecule has 9 heteroatoms. The molecule has 152 valence electrons. The van der Waals surface area contributed by atoms with Crippen molar-refractivity contribution in [1.82, 2.24) is 20.5 Å². The van der Waals surface area contributed by atoms with Crippen molar-refractivity contribution < 1.29 is 22.7 Å². The lowest BCUT2D eigenvalue weighted by Crippen LogP contribution is -2.23. The third-order valence-corrected chi connectivity index (χ3v) is 4.12. The third-order valence-electron chi connectivity index (χ3n) is 4.12. The summed E-state index contributed by atoms with van der Waals surface area (Å²) in [5, 5.41) is 9.50. The summed E-state index contributed by atoms with van der Waals surface area (Å²) in [6.07, 6.45) is -3.02. The zero-order chi connectivity index (χ0) is 21.0. The lowest BCUT2D eigenvalue weighted by molar-refractivity contribution is -0.137. The van der Waals surface area contributed by atoms with Gasteiger partial charge in [0.15, 0.2) is 0 Å². The quantitative estimate of drug-likeness (QED) is 0.626. The van der Waals surface area contributed by atoms with E-state index in [9.17, 15) is 18.0 Å². The molecule has 1 aromatic carbocycles. The summed E-state index contributed by atoms with van der Waals surface area (Å²) in [5.74, 6) is -0.0751. The van der Waals surface area contributed by atoms with Crippen molar-refractivity contribution >= 4 is 5.91 Å². The summed E-state index contributed by atoms with van der Waals surface area (Å²) in [5.41, 5.74) is 0.779. The maximum atomic E-state index is 12.9. The van der Waals surface area contributed by atoms with Crippen molar-refractivity contribution in [2.75, 3.05) is 0 Å². The number of carbonyl (C=O) groups excluding carboxylic acids is 1. The first-order chi connectivity index (χ1) is 13.7. The standard InChI is InChI=1S/C20H19F3N4O2/c1-12(2)16-10-17(27-26-16)18(28)25-11-13-5-4-8-24-19(13)29-15-7-3-6-14(9-15)20(21,22)23/h3-10,12H,11H2,1-2H3,(H,25,28)(H,26,27). The van der Waals surface area contributed by atoms with Gasteiger partial charge < -0.3 is 10.1 Å². The Morgan fingerprint density at radius 2 is 2.00 bits per heavy atom. The Morgan fingerprint density at radius 1 is 1.21 bits per heavy atom. The van der Waals surface area contributed by atoms with Crippen LogP contribution in [0.15, 0.2) is 48.7 Å². The van der Waals surface area contributed by atoms with Crippen LogP contribution in [0, 0.1) is 0 Å². The number of nitrogens with zero attached hydrogens (tertiary/aromatic N) is 2. The second-order valence-corrected chi connectivity index (χ2v) is 6.64. The number of aromatic amines is 1. The van der Waals surface area contributed by atoms with Crippen molar-refractivity contribution in [1.29, 1.82) is 0 Å². The number of H-pyrrole nitrogens is 1. The monoisotopic (exact) mass is 404 g/mol. The maximum Gasteiger partial charge on any atom is 0.416 e. The lowest BCUT2D eigenvalue weighted by atomic mass is 10.1. The maximum absolute atomic E-state index is 12.9. The van der Waals surface area contributed by atoms with Gasteiger partial charge >= 0.3 is 6.18 Å². The van der Waals surface area contributed by atoms with E-state index in [0.717, 1.165) is 17.8 Å². The first-order valence-corrected chi connectivity index (χ1v) is 8.86. The van der Waals surface area contributed by atoms with Crippen LogP contribution in [0.1, 0.15) is 47.1 Å². The number of ether oxygens (including phenoxy) is 1. The second kappa shape index (κ2) is 8.34. The summed E-state index contributed by atoms with van der Waals surface area (Å²) < 4.78 is 44.2. The number of nitrogens with one attached hydrogen (secondary N) is 2. The topological polar surface area (TPSA) is 79.9 Å². The molecule has 0 spiro atoms. The van der Waals surface area contributed by atoms with E-state index in [1.54, 1.807) is 18.2 Å². The molecule has 2 N–H and O–H groups in total. The van der Waals surface area contributed by atoms with Crippen molar-refractivity contribution in [2.45, 2.75) is 32.5 Å². The van der Waals surface area contributed by atoms with Gasteiger partial charge in [-0.1, -0.05) is 26.0 Å². The number of hydrogen-bond donors (Lipinski definition) is 2. The molecule has 0 aliphatic carbocycles. The van der Waals surface area contributed by atoms with Gasteiger partial charge in [-0.25, -0.2) is 4.98 Å². The first kappa shape index (κ1) is 20.4. The molecular weight excluding hydrogens is 385 g/mol. The predicted molar refractivity (Wildman–Crippen MR) is 99.6 cm³/mol. The molecule has 0 fully saturated rings. The van der Waals surface area contributed by atoms with Crippen molar-refractivity contribution in [3.8, 4) is 11.6 Å². The van der Waals surface area contributed by atoms with Crippen LogP contribution in [0.4, 0.5) is 13.2 Å². The molecular formula is C20H19F3N4O2. The molecule has 0 unspecified atom stereocenters. The molecule has 0 saturated carbocycles. The normalized spacial score (nSPS) is 11.5. The highest BCUT2D eigenvalue weighted by Crippen LogP contribution is 2.32. The molecule has 3 aromatic rings. The van der Waals surface area contributed by atoms with Crippen LogP contribution in [0.25, 0.3) is 0 Å². The number of carbonyl (C=O) groups is 1. The summed E-state index contributed by atoms with van der Waals surface area (Å²) in [4.78, 5) is 16.4. The fourth-order valence-electron chi connectivity index (χ4n) is 2.51. The molecule has 0 atom stereocenters. The average Bonchev–Trinajstić information content (AvgIpc) is 3.17. The summed E-state index contributed by atoms with van der Waals surface area (Å²) in [7, 11) is 0. The Kier molecular flexibility index (Phi) is 5.86. The molecule has 1 amide bonds. The fraction of sp³-hybridized carbons (Fsp3) is 0.250.